The highest BCUT2D eigenvalue weighted by molar-refractivity contribution is 6.04. The third kappa shape index (κ3) is 9.98. The topological polar surface area (TPSA) is 54.4 Å². The third-order valence-electron chi connectivity index (χ3n) is 3.59. The Hall–Kier alpha value is -1.90. The van der Waals surface area contributed by atoms with Gasteiger partial charge in [-0.3, -0.25) is 9.59 Å². The molecule has 1 aliphatic carbocycles. The largest absolute Gasteiger partial charge is 0.483 e. The van der Waals surface area contributed by atoms with E-state index >= 15 is 0 Å². The molecule has 0 unspecified atom stereocenters. The Balaban J connectivity index is 0. The molecule has 3 nitrogen and oxygen atoms in total. The van der Waals surface area contributed by atoms with Crippen molar-refractivity contribution in [2.75, 3.05) is 0 Å². The smallest absolute Gasteiger partial charge is 0.290 e. The zero-order valence-corrected chi connectivity index (χ0v) is 15.9. The average molecular weight is 334 g/mol. The molecule has 1 aromatic rings. The van der Waals surface area contributed by atoms with Crippen molar-refractivity contribution in [3.8, 4) is 0 Å². The van der Waals surface area contributed by atoms with Gasteiger partial charge in [-0.25, -0.2) is 0 Å². The zero-order valence-electron chi connectivity index (χ0n) is 15.9. The lowest BCUT2D eigenvalue weighted by atomic mass is 9.84. The Kier molecular flexibility index (Phi) is 17.7. The molecule has 1 saturated carbocycles. The van der Waals surface area contributed by atoms with E-state index in [2.05, 4.69) is 12.1 Å². The fraction of sp³-hybridized carbons (Fsp3) is 0.524. The molecule has 24 heavy (non-hydrogen) atoms. The SMILES string of the molecule is C/C=C/C(=O)c1ccc(C2CCCCC2)cc1.CC.CC.O=CO. The second-order valence-electron chi connectivity index (χ2n) is 4.93. The summed E-state index contributed by atoms with van der Waals surface area (Å²) >= 11 is 0. The van der Waals surface area contributed by atoms with Gasteiger partial charge in [0.15, 0.2) is 5.78 Å². The van der Waals surface area contributed by atoms with Gasteiger partial charge in [0.05, 0.1) is 0 Å². The van der Waals surface area contributed by atoms with Crippen molar-refractivity contribution in [1.29, 1.82) is 0 Å². The zero-order chi connectivity index (χ0) is 18.8. The predicted molar refractivity (Wildman–Crippen MR) is 103 cm³/mol. The van der Waals surface area contributed by atoms with E-state index < -0.39 is 0 Å². The molecule has 3 heteroatoms. The van der Waals surface area contributed by atoms with E-state index in [1.165, 1.54) is 37.7 Å². The average Bonchev–Trinajstić information content (AvgIpc) is 2.67. The first-order valence-corrected chi connectivity index (χ1v) is 9.07. The highest BCUT2D eigenvalue weighted by Gasteiger charge is 2.15. The fourth-order valence-electron chi connectivity index (χ4n) is 2.60. The predicted octanol–water partition coefficient (Wildman–Crippen LogP) is 6.25. The van der Waals surface area contributed by atoms with Crippen LogP contribution in [0, 0.1) is 0 Å². The van der Waals surface area contributed by atoms with Crippen LogP contribution in [0.25, 0.3) is 0 Å². The van der Waals surface area contributed by atoms with Gasteiger partial charge >= 0.3 is 0 Å². The molecule has 0 heterocycles. The number of carbonyl (C=O) groups is 2. The van der Waals surface area contributed by atoms with Gasteiger partial charge in [0.2, 0.25) is 0 Å². The van der Waals surface area contributed by atoms with Crippen LogP contribution in [0.1, 0.15) is 88.6 Å². The minimum atomic E-state index is -0.250. The summed E-state index contributed by atoms with van der Waals surface area (Å²) < 4.78 is 0. The van der Waals surface area contributed by atoms with Gasteiger partial charge < -0.3 is 5.11 Å². The summed E-state index contributed by atoms with van der Waals surface area (Å²) in [5.41, 5.74) is 2.20. The van der Waals surface area contributed by atoms with Gasteiger partial charge in [-0.2, -0.15) is 0 Å². The summed E-state index contributed by atoms with van der Waals surface area (Å²) in [7, 11) is 0. The molecule has 0 bridgehead atoms. The number of hydrogen-bond acceptors (Lipinski definition) is 2. The van der Waals surface area contributed by atoms with Crippen LogP contribution < -0.4 is 0 Å². The quantitative estimate of drug-likeness (QED) is 0.404. The molecule has 0 radical (unpaired) electrons. The molecule has 1 N–H and O–H groups in total. The van der Waals surface area contributed by atoms with E-state index in [-0.39, 0.29) is 12.3 Å². The summed E-state index contributed by atoms with van der Waals surface area (Å²) in [4.78, 5) is 20.0. The van der Waals surface area contributed by atoms with Crippen molar-refractivity contribution in [2.45, 2.75) is 72.6 Å². The highest BCUT2D eigenvalue weighted by atomic mass is 16.3. The molecule has 1 aromatic carbocycles. The van der Waals surface area contributed by atoms with Crippen LogP contribution in [0.5, 0.6) is 0 Å². The van der Waals surface area contributed by atoms with Gasteiger partial charge in [0.25, 0.3) is 6.47 Å². The molecule has 1 aliphatic rings. The highest BCUT2D eigenvalue weighted by Crippen LogP contribution is 2.32. The number of hydrogen-bond donors (Lipinski definition) is 1. The summed E-state index contributed by atoms with van der Waals surface area (Å²) in [6.45, 7) is 9.62. The molecule has 0 saturated heterocycles. The number of rotatable bonds is 3. The minimum Gasteiger partial charge on any atom is -0.483 e. The first-order chi connectivity index (χ1) is 11.7. The first kappa shape index (κ1) is 24.4. The van der Waals surface area contributed by atoms with Gasteiger partial charge in [0, 0.05) is 5.56 Å². The van der Waals surface area contributed by atoms with Crippen molar-refractivity contribution < 1.29 is 14.7 Å². The van der Waals surface area contributed by atoms with Crippen LogP contribution in [0.4, 0.5) is 0 Å². The summed E-state index contributed by atoms with van der Waals surface area (Å²) in [6, 6.07) is 8.19. The first-order valence-electron chi connectivity index (χ1n) is 9.07. The van der Waals surface area contributed by atoms with E-state index in [9.17, 15) is 4.79 Å². The Bertz CT molecular complexity index is 441. The molecule has 0 amide bonds. The van der Waals surface area contributed by atoms with E-state index in [4.69, 9.17) is 9.90 Å². The molecule has 1 fully saturated rings. The Labute approximate surface area is 147 Å². The van der Waals surface area contributed by atoms with Gasteiger partial charge in [-0.1, -0.05) is 77.3 Å². The van der Waals surface area contributed by atoms with Gasteiger partial charge in [0.1, 0.15) is 0 Å². The number of ketones is 1. The molecule has 0 spiro atoms. The second kappa shape index (κ2) is 17.5. The summed E-state index contributed by atoms with van der Waals surface area (Å²) in [6.07, 6.45) is 10.1. The normalized spacial score (nSPS) is 13.4. The molecule has 2 rings (SSSR count). The van der Waals surface area contributed by atoms with E-state index in [1.54, 1.807) is 12.2 Å². The van der Waals surface area contributed by atoms with Gasteiger partial charge in [-0.15, -0.1) is 0 Å². The number of carboxylic acid groups (broad SMARTS) is 1. The number of benzene rings is 1. The monoisotopic (exact) mass is 334 g/mol. The van der Waals surface area contributed by atoms with Gasteiger partial charge in [-0.05, 0) is 37.3 Å². The van der Waals surface area contributed by atoms with Crippen molar-refractivity contribution in [3.05, 3.63) is 47.5 Å². The lowest BCUT2D eigenvalue weighted by Crippen LogP contribution is -2.04. The van der Waals surface area contributed by atoms with Crippen LogP contribution in [-0.4, -0.2) is 17.4 Å². The molecule has 136 valence electrons. The van der Waals surface area contributed by atoms with E-state index in [0.29, 0.717) is 0 Å². The maximum atomic E-state index is 11.6. The summed E-state index contributed by atoms with van der Waals surface area (Å²) in [5, 5.41) is 6.89. The minimum absolute atomic E-state index is 0.0997. The van der Waals surface area contributed by atoms with Crippen LogP contribution >= 0.6 is 0 Å². The lowest BCUT2D eigenvalue weighted by Gasteiger charge is -2.21. The maximum absolute atomic E-state index is 11.6. The fourth-order valence-corrected chi connectivity index (χ4v) is 2.60. The molecular formula is C21H34O3. The molecule has 0 aliphatic heterocycles. The molecule has 0 aromatic heterocycles. The Morgan fingerprint density at radius 3 is 1.88 bits per heavy atom. The third-order valence-corrected chi connectivity index (χ3v) is 3.59. The number of allylic oxidation sites excluding steroid dienone is 2. The maximum Gasteiger partial charge on any atom is 0.290 e. The van der Waals surface area contributed by atoms with Crippen molar-refractivity contribution in [3.63, 3.8) is 0 Å². The van der Waals surface area contributed by atoms with Crippen molar-refractivity contribution in [2.24, 2.45) is 0 Å². The standard InChI is InChI=1S/C16H20O.2C2H6.CH2O2/c1-2-6-16(17)15-11-9-14(10-12-15)13-7-4-3-5-8-13;2*1-2;2-1-3/h2,6,9-13H,3-5,7-8H2,1H3;2*1-2H3;1H,(H,2,3)/b6-2+;;;. The van der Waals surface area contributed by atoms with Crippen LogP contribution in [0.15, 0.2) is 36.4 Å². The van der Waals surface area contributed by atoms with E-state index in [0.717, 1.165) is 11.5 Å². The van der Waals surface area contributed by atoms with Crippen LogP contribution in [0.2, 0.25) is 0 Å². The molecule has 0 atom stereocenters. The summed E-state index contributed by atoms with van der Waals surface area (Å²) in [5.74, 6) is 0.817. The lowest BCUT2D eigenvalue weighted by molar-refractivity contribution is -0.122. The molecular weight excluding hydrogens is 300 g/mol. The van der Waals surface area contributed by atoms with Crippen molar-refractivity contribution in [1.82, 2.24) is 0 Å². The van der Waals surface area contributed by atoms with E-state index in [1.807, 2.05) is 46.8 Å². The van der Waals surface area contributed by atoms with Crippen molar-refractivity contribution >= 4 is 12.3 Å². The second-order valence-corrected chi connectivity index (χ2v) is 4.93. The number of carbonyl (C=O) groups excluding carboxylic acids is 1. The Morgan fingerprint density at radius 1 is 1.00 bits per heavy atom. The van der Waals surface area contributed by atoms with Crippen LogP contribution in [-0.2, 0) is 4.79 Å². The Morgan fingerprint density at radius 2 is 1.46 bits per heavy atom. The van der Waals surface area contributed by atoms with Crippen LogP contribution in [0.3, 0.4) is 0 Å².